The van der Waals surface area contributed by atoms with E-state index < -0.39 is 0 Å². The average molecular weight is 295 g/mol. The molecule has 1 aromatic carbocycles. The number of benzene rings is 1. The minimum atomic E-state index is 0.175. The topological polar surface area (TPSA) is 87.6 Å². The maximum absolute atomic E-state index is 9.48. The molecular weight excluding hydrogens is 274 g/mol. The molecule has 5 heteroatoms. The minimum Gasteiger partial charge on any atom is -0.369 e. The second kappa shape index (κ2) is 7.99. The van der Waals surface area contributed by atoms with Gasteiger partial charge in [-0.1, -0.05) is 56.5 Å². The molecule has 0 saturated heterocycles. The number of nitriles is 1. The van der Waals surface area contributed by atoms with Gasteiger partial charge in [0, 0.05) is 12.1 Å². The van der Waals surface area contributed by atoms with Crippen molar-refractivity contribution in [2.45, 2.75) is 32.6 Å². The Kier molecular flexibility index (Phi) is 5.73. The molecule has 0 bridgehead atoms. The molecule has 0 aliphatic rings. The van der Waals surface area contributed by atoms with E-state index in [0.29, 0.717) is 17.1 Å². The van der Waals surface area contributed by atoms with Gasteiger partial charge < -0.3 is 11.1 Å². The normalized spacial score (nSPS) is 10.2. The highest BCUT2D eigenvalue weighted by Crippen LogP contribution is 2.26. The van der Waals surface area contributed by atoms with E-state index in [1.54, 1.807) is 0 Å². The molecule has 0 aliphatic carbocycles. The monoisotopic (exact) mass is 295 g/mol. The van der Waals surface area contributed by atoms with Crippen LogP contribution >= 0.6 is 0 Å². The van der Waals surface area contributed by atoms with E-state index in [0.717, 1.165) is 24.9 Å². The Morgan fingerprint density at radius 2 is 1.91 bits per heavy atom. The summed E-state index contributed by atoms with van der Waals surface area (Å²) in [6, 6.07) is 11.8. The van der Waals surface area contributed by atoms with E-state index in [1.807, 2.05) is 30.3 Å². The average Bonchev–Trinajstić information content (AvgIpc) is 2.55. The highest BCUT2D eigenvalue weighted by atomic mass is 15.1. The molecule has 114 valence electrons. The van der Waals surface area contributed by atoms with Crippen LogP contribution in [0.25, 0.3) is 11.3 Å². The first-order valence-electron chi connectivity index (χ1n) is 7.63. The van der Waals surface area contributed by atoms with Crippen molar-refractivity contribution in [3.8, 4) is 17.3 Å². The fourth-order valence-electron chi connectivity index (χ4n) is 2.28. The molecule has 1 heterocycles. The van der Waals surface area contributed by atoms with Crippen LogP contribution < -0.4 is 11.1 Å². The lowest BCUT2D eigenvalue weighted by molar-refractivity contribution is 0.684. The van der Waals surface area contributed by atoms with Gasteiger partial charge in [0.25, 0.3) is 0 Å². The first-order chi connectivity index (χ1) is 10.8. The zero-order chi connectivity index (χ0) is 15.8. The van der Waals surface area contributed by atoms with Gasteiger partial charge in [-0.05, 0) is 6.42 Å². The number of hydrogen-bond donors (Lipinski definition) is 2. The van der Waals surface area contributed by atoms with Gasteiger partial charge in [0.1, 0.15) is 17.5 Å². The highest BCUT2D eigenvalue weighted by Gasteiger charge is 2.14. The lowest BCUT2D eigenvalue weighted by atomic mass is 10.1. The van der Waals surface area contributed by atoms with Crippen molar-refractivity contribution in [2.75, 3.05) is 17.6 Å². The number of nitrogens with one attached hydrogen (secondary N) is 1. The van der Waals surface area contributed by atoms with Gasteiger partial charge >= 0.3 is 0 Å². The molecule has 0 unspecified atom stereocenters. The molecule has 1 aromatic heterocycles. The number of nitrogens with zero attached hydrogens (tertiary/aromatic N) is 3. The van der Waals surface area contributed by atoms with Crippen molar-refractivity contribution in [3.05, 3.63) is 35.9 Å². The zero-order valence-electron chi connectivity index (χ0n) is 12.8. The molecule has 0 radical (unpaired) electrons. The Bertz CT molecular complexity index is 646. The van der Waals surface area contributed by atoms with Crippen LogP contribution in [0.3, 0.4) is 0 Å². The molecule has 0 aliphatic heterocycles. The van der Waals surface area contributed by atoms with Gasteiger partial charge in [-0.25, -0.2) is 4.98 Å². The number of unbranched alkanes of at least 4 members (excludes halogenated alkanes) is 3. The number of nitrogen functional groups attached to an aromatic ring is 1. The van der Waals surface area contributed by atoms with Crippen LogP contribution in [0.15, 0.2) is 30.3 Å². The van der Waals surface area contributed by atoms with E-state index in [9.17, 15) is 5.26 Å². The van der Waals surface area contributed by atoms with Crippen molar-refractivity contribution < 1.29 is 0 Å². The zero-order valence-corrected chi connectivity index (χ0v) is 12.8. The van der Waals surface area contributed by atoms with Gasteiger partial charge in [-0.3, -0.25) is 0 Å². The lowest BCUT2D eigenvalue weighted by Crippen LogP contribution is -2.09. The van der Waals surface area contributed by atoms with Gasteiger partial charge in [0.05, 0.1) is 5.69 Å². The van der Waals surface area contributed by atoms with Crippen LogP contribution in [0.5, 0.6) is 0 Å². The van der Waals surface area contributed by atoms with Crippen LogP contribution in [-0.2, 0) is 0 Å². The molecule has 0 saturated carbocycles. The van der Waals surface area contributed by atoms with Gasteiger partial charge in [0.2, 0.25) is 5.95 Å². The largest absolute Gasteiger partial charge is 0.369 e. The molecule has 22 heavy (non-hydrogen) atoms. The molecule has 0 amide bonds. The molecule has 5 nitrogen and oxygen atoms in total. The fraction of sp³-hybridized carbons (Fsp3) is 0.353. The summed E-state index contributed by atoms with van der Waals surface area (Å²) >= 11 is 0. The molecule has 0 spiro atoms. The van der Waals surface area contributed by atoms with Crippen molar-refractivity contribution in [3.63, 3.8) is 0 Å². The summed E-state index contributed by atoms with van der Waals surface area (Å²) < 4.78 is 0. The fourth-order valence-corrected chi connectivity index (χ4v) is 2.28. The Morgan fingerprint density at radius 1 is 1.14 bits per heavy atom. The number of rotatable bonds is 7. The van der Waals surface area contributed by atoms with E-state index in [4.69, 9.17) is 5.73 Å². The minimum absolute atomic E-state index is 0.175. The molecule has 0 atom stereocenters. The smallest absolute Gasteiger partial charge is 0.222 e. The number of aromatic nitrogens is 2. The third kappa shape index (κ3) is 3.95. The predicted octanol–water partition coefficient (Wildman–Crippen LogP) is 3.59. The summed E-state index contributed by atoms with van der Waals surface area (Å²) in [4.78, 5) is 8.42. The van der Waals surface area contributed by atoms with E-state index >= 15 is 0 Å². The summed E-state index contributed by atoms with van der Waals surface area (Å²) in [5.41, 5.74) is 7.68. The maximum atomic E-state index is 9.48. The van der Waals surface area contributed by atoms with Crippen LogP contribution in [0.4, 0.5) is 11.8 Å². The quantitative estimate of drug-likeness (QED) is 0.762. The molecule has 2 rings (SSSR count). The van der Waals surface area contributed by atoms with Gasteiger partial charge in [-0.2, -0.15) is 10.2 Å². The van der Waals surface area contributed by atoms with Crippen LogP contribution in [-0.4, -0.2) is 16.5 Å². The van der Waals surface area contributed by atoms with Gasteiger partial charge in [-0.15, -0.1) is 0 Å². The summed E-state index contributed by atoms with van der Waals surface area (Å²) in [7, 11) is 0. The van der Waals surface area contributed by atoms with Crippen LogP contribution in [0, 0.1) is 11.3 Å². The second-order valence-electron chi connectivity index (χ2n) is 5.12. The SMILES string of the molecule is CCCCCCNc1nc(N)nc(-c2ccccc2)c1C#N. The van der Waals surface area contributed by atoms with Crippen LogP contribution in [0.2, 0.25) is 0 Å². The molecule has 2 aromatic rings. The van der Waals surface area contributed by atoms with Crippen molar-refractivity contribution >= 4 is 11.8 Å². The van der Waals surface area contributed by atoms with Crippen LogP contribution in [0.1, 0.15) is 38.2 Å². The first-order valence-corrected chi connectivity index (χ1v) is 7.63. The number of hydrogen-bond acceptors (Lipinski definition) is 5. The Labute approximate surface area is 131 Å². The summed E-state index contributed by atoms with van der Waals surface area (Å²) in [5, 5.41) is 12.7. The Morgan fingerprint density at radius 3 is 2.59 bits per heavy atom. The van der Waals surface area contributed by atoms with Crippen molar-refractivity contribution in [1.29, 1.82) is 5.26 Å². The Balaban J connectivity index is 2.23. The second-order valence-corrected chi connectivity index (χ2v) is 5.12. The maximum Gasteiger partial charge on any atom is 0.222 e. The van der Waals surface area contributed by atoms with Crippen molar-refractivity contribution in [2.24, 2.45) is 0 Å². The van der Waals surface area contributed by atoms with E-state index in [2.05, 4.69) is 28.3 Å². The van der Waals surface area contributed by atoms with E-state index in [1.165, 1.54) is 12.8 Å². The summed E-state index contributed by atoms with van der Waals surface area (Å²) in [6.07, 6.45) is 4.62. The lowest BCUT2D eigenvalue weighted by Gasteiger charge is -2.11. The summed E-state index contributed by atoms with van der Waals surface area (Å²) in [6.45, 7) is 2.96. The predicted molar refractivity (Wildman–Crippen MR) is 89.2 cm³/mol. The number of nitrogens with two attached hydrogens (primary N) is 1. The number of anilines is 2. The summed E-state index contributed by atoms with van der Waals surface area (Å²) in [5.74, 6) is 0.694. The highest BCUT2D eigenvalue weighted by molar-refractivity contribution is 5.73. The molecule has 3 N–H and O–H groups in total. The van der Waals surface area contributed by atoms with Crippen molar-refractivity contribution in [1.82, 2.24) is 9.97 Å². The third-order valence-electron chi connectivity index (χ3n) is 3.41. The molecule has 0 fully saturated rings. The van der Waals surface area contributed by atoms with E-state index in [-0.39, 0.29) is 5.95 Å². The standard InChI is InChI=1S/C17H21N5/c1-2-3-4-8-11-20-16-14(12-18)15(21-17(19)22-16)13-9-6-5-7-10-13/h5-7,9-10H,2-4,8,11H2,1H3,(H3,19,20,21,22). The molecular formula is C17H21N5. The Hall–Kier alpha value is -2.61. The third-order valence-corrected chi connectivity index (χ3v) is 3.41. The van der Waals surface area contributed by atoms with Gasteiger partial charge in [0.15, 0.2) is 0 Å². The first kappa shape index (κ1) is 15.8.